The number of fused-ring (bicyclic) bond motifs is 1. The molecule has 7 aromatic rings. The van der Waals surface area contributed by atoms with Gasteiger partial charge in [0.25, 0.3) is 5.72 Å². The van der Waals surface area contributed by atoms with Crippen molar-refractivity contribution in [3.63, 3.8) is 0 Å². The van der Waals surface area contributed by atoms with E-state index in [1.54, 1.807) is 6.07 Å². The van der Waals surface area contributed by atoms with Crippen molar-refractivity contribution in [3.8, 4) is 0 Å². The van der Waals surface area contributed by atoms with Crippen LogP contribution in [0.15, 0.2) is 158 Å². The number of Topliss-reactive ketones (excluding diaryl/α,β-unsaturated/α-hetero) is 5. The molecule has 5 atom stereocenters. The Labute approximate surface area is 339 Å². The maximum atomic E-state index is 15.8. The van der Waals surface area contributed by atoms with E-state index in [9.17, 15) is 20.1 Å². The normalized spacial score (nSPS) is 22.9. The van der Waals surface area contributed by atoms with E-state index in [0.29, 0.717) is 4.57 Å². The van der Waals surface area contributed by atoms with Gasteiger partial charge >= 0.3 is 6.08 Å². The maximum absolute atomic E-state index is 15.8. The number of carbonyl (C=O) groups excluding carboxylic acids is 5. The topological polar surface area (TPSA) is 225 Å². The number of nitrogen functional groups attached to an aromatic ring is 1. The van der Waals surface area contributed by atoms with Gasteiger partial charge in [-0.1, -0.05) is 152 Å². The molecule has 60 heavy (non-hydrogen) atoms. The molecule has 1 saturated heterocycles. The first-order chi connectivity index (χ1) is 28.8. The summed E-state index contributed by atoms with van der Waals surface area (Å²) in [4.78, 5) is 89.1. The SMILES string of the molecule is Nc1nc(F)nc2c1ncn2[C@]1(C(=O)c2ccccc2)O[C@](C(=O)c2ccccc2)(C(O)C(=O)c2ccccc2)[C@](O)(C(=O)c2ccccc2)[C@]1(O)C(=O)c1ccccc1. The van der Waals surface area contributed by atoms with Gasteiger partial charge in [0.15, 0.2) is 28.9 Å². The largest absolute Gasteiger partial charge is 0.382 e. The van der Waals surface area contributed by atoms with E-state index in [2.05, 4.69) is 15.0 Å². The smallest absolute Gasteiger partial charge is 0.312 e. The number of anilines is 1. The van der Waals surface area contributed by atoms with Crippen LogP contribution in [-0.4, -0.2) is 86.7 Å². The van der Waals surface area contributed by atoms with Crippen molar-refractivity contribution < 1.29 is 48.4 Å². The minimum atomic E-state index is -4.19. The minimum Gasteiger partial charge on any atom is -0.382 e. The number of ketones is 5. The molecule has 1 aliphatic heterocycles. The number of aliphatic hydroxyl groups excluding tert-OH is 1. The predicted octanol–water partition coefficient (Wildman–Crippen LogP) is 4.21. The zero-order chi connectivity index (χ0) is 42.5. The van der Waals surface area contributed by atoms with Crippen LogP contribution in [0.3, 0.4) is 0 Å². The molecule has 3 heterocycles. The van der Waals surface area contributed by atoms with Gasteiger partial charge in [0.05, 0.1) is 0 Å². The third kappa shape index (κ3) is 5.48. The fraction of sp³-hybridized carbons (Fsp3) is 0.111. The Bertz CT molecular complexity index is 2760. The lowest BCUT2D eigenvalue weighted by Gasteiger charge is -2.45. The molecule has 298 valence electrons. The lowest BCUT2D eigenvalue weighted by Crippen LogP contribution is -2.78. The Kier molecular flexibility index (Phi) is 9.68. The number of carbonyl (C=O) groups is 5. The standard InChI is InChI=1S/C45H32FN5O9/c46-41-49-39(47)32-40(50-41)51(26-48-32)45(37(56)31-24-14-5-15-25-31)44(59,36(55)30-22-12-4-13-23-30)43(58,35(54)29-20-10-3-11-21-29)42(60-45,34(53)28-18-8-2-9-19-28)38(57)33(52)27-16-6-1-7-17-27/h1-26,38,57-59H,(H2,47,49,50)/t38?,42-,43-,44-,45-/m1/s1. The molecular formula is C45H32FN5O9. The molecule has 0 amide bonds. The summed E-state index contributed by atoms with van der Waals surface area (Å²) in [7, 11) is 0. The van der Waals surface area contributed by atoms with Gasteiger partial charge in [0, 0.05) is 27.8 Å². The lowest BCUT2D eigenvalue weighted by atomic mass is 9.59. The minimum absolute atomic E-state index is 0.274. The van der Waals surface area contributed by atoms with Gasteiger partial charge in [0.2, 0.25) is 39.9 Å². The van der Waals surface area contributed by atoms with Gasteiger partial charge in [0.1, 0.15) is 6.33 Å². The maximum Gasteiger partial charge on any atom is 0.312 e. The lowest BCUT2D eigenvalue weighted by molar-refractivity contribution is -0.166. The summed E-state index contributed by atoms with van der Waals surface area (Å²) in [5.41, 5.74) is -13.0. The second-order valence-corrected chi connectivity index (χ2v) is 14.0. The van der Waals surface area contributed by atoms with E-state index in [0.717, 1.165) is 6.33 Å². The van der Waals surface area contributed by atoms with E-state index in [1.165, 1.54) is 146 Å². The number of nitrogens with two attached hydrogens (primary N) is 1. The fourth-order valence-corrected chi connectivity index (χ4v) is 7.93. The van der Waals surface area contributed by atoms with Crippen LogP contribution in [0.5, 0.6) is 0 Å². The summed E-state index contributed by atoms with van der Waals surface area (Å²) in [6, 6.07) is 33.6. The van der Waals surface area contributed by atoms with E-state index < -0.39 is 97.3 Å². The molecule has 5 aromatic carbocycles. The second kappa shape index (κ2) is 14.7. The number of rotatable bonds is 12. The van der Waals surface area contributed by atoms with Crippen LogP contribution in [-0.2, 0) is 10.5 Å². The van der Waals surface area contributed by atoms with Crippen LogP contribution in [0, 0.1) is 6.08 Å². The summed E-state index contributed by atoms with van der Waals surface area (Å²) in [6.45, 7) is 0. The number of benzene rings is 5. The zero-order valence-corrected chi connectivity index (χ0v) is 31.1. The Morgan fingerprint density at radius 2 is 0.983 bits per heavy atom. The number of aliphatic hydroxyl groups is 3. The molecule has 8 rings (SSSR count). The second-order valence-electron chi connectivity index (χ2n) is 14.0. The number of aromatic nitrogens is 4. The van der Waals surface area contributed by atoms with E-state index >= 15 is 23.6 Å². The number of halogens is 1. The quantitative estimate of drug-likeness (QED) is 0.100. The zero-order valence-electron chi connectivity index (χ0n) is 31.1. The van der Waals surface area contributed by atoms with Crippen molar-refractivity contribution in [3.05, 3.63) is 192 Å². The Morgan fingerprint density at radius 3 is 1.45 bits per heavy atom. The monoisotopic (exact) mass is 805 g/mol. The fourth-order valence-electron chi connectivity index (χ4n) is 7.93. The van der Waals surface area contributed by atoms with Crippen LogP contribution in [0.1, 0.15) is 51.8 Å². The Balaban J connectivity index is 1.63. The van der Waals surface area contributed by atoms with Crippen LogP contribution >= 0.6 is 0 Å². The number of ether oxygens (including phenoxy) is 1. The molecule has 1 aliphatic rings. The van der Waals surface area contributed by atoms with Crippen LogP contribution in [0.2, 0.25) is 0 Å². The highest BCUT2D eigenvalue weighted by Crippen LogP contribution is 2.61. The van der Waals surface area contributed by atoms with E-state index in [1.807, 2.05) is 0 Å². The Morgan fingerprint density at radius 1 is 0.583 bits per heavy atom. The molecule has 1 fully saturated rings. The van der Waals surface area contributed by atoms with Crippen LogP contribution in [0.25, 0.3) is 11.2 Å². The first-order valence-electron chi connectivity index (χ1n) is 18.3. The van der Waals surface area contributed by atoms with Crippen molar-refractivity contribution >= 4 is 45.9 Å². The first-order valence-corrected chi connectivity index (χ1v) is 18.3. The van der Waals surface area contributed by atoms with Gasteiger partial charge < -0.3 is 25.8 Å². The summed E-state index contributed by atoms with van der Waals surface area (Å²) in [6.07, 6.45) is -3.75. The summed E-state index contributed by atoms with van der Waals surface area (Å²) in [5.74, 6) is -8.18. The van der Waals surface area contributed by atoms with Crippen molar-refractivity contribution in [2.75, 3.05) is 5.73 Å². The molecule has 14 nitrogen and oxygen atoms in total. The molecule has 0 bridgehead atoms. The van der Waals surface area contributed by atoms with Gasteiger partial charge in [-0.15, -0.1) is 0 Å². The van der Waals surface area contributed by atoms with Crippen LogP contribution < -0.4 is 5.73 Å². The highest BCUT2D eigenvalue weighted by atomic mass is 19.1. The van der Waals surface area contributed by atoms with Gasteiger partial charge in [-0.05, 0) is 0 Å². The van der Waals surface area contributed by atoms with Crippen molar-refractivity contribution in [2.45, 2.75) is 28.6 Å². The average molecular weight is 806 g/mol. The third-order valence-corrected chi connectivity index (χ3v) is 10.7. The van der Waals surface area contributed by atoms with Crippen molar-refractivity contribution in [1.82, 2.24) is 19.5 Å². The molecule has 0 spiro atoms. The van der Waals surface area contributed by atoms with Crippen molar-refractivity contribution in [2.24, 2.45) is 0 Å². The average Bonchev–Trinajstić information content (AvgIpc) is 3.81. The molecule has 15 heteroatoms. The van der Waals surface area contributed by atoms with Gasteiger partial charge in [-0.3, -0.25) is 28.5 Å². The highest BCUT2D eigenvalue weighted by molar-refractivity contribution is 6.24. The van der Waals surface area contributed by atoms with E-state index in [4.69, 9.17) is 10.5 Å². The first kappa shape index (κ1) is 39.4. The molecule has 1 unspecified atom stereocenters. The number of hydrogen-bond donors (Lipinski definition) is 4. The van der Waals surface area contributed by atoms with Crippen LogP contribution in [0.4, 0.5) is 10.2 Å². The predicted molar refractivity (Wildman–Crippen MR) is 211 cm³/mol. The molecule has 0 aliphatic carbocycles. The summed E-state index contributed by atoms with van der Waals surface area (Å²) < 4.78 is 22.5. The molecular weight excluding hydrogens is 774 g/mol. The highest BCUT2D eigenvalue weighted by Gasteiger charge is 2.91. The summed E-state index contributed by atoms with van der Waals surface area (Å²) >= 11 is 0. The van der Waals surface area contributed by atoms with Gasteiger partial charge in [-0.2, -0.15) is 14.4 Å². The van der Waals surface area contributed by atoms with E-state index in [-0.39, 0.29) is 11.1 Å². The number of hydrogen-bond acceptors (Lipinski definition) is 13. The molecule has 2 aromatic heterocycles. The number of imidazole rings is 1. The molecule has 0 radical (unpaired) electrons. The Hall–Kier alpha value is -7.43. The molecule has 5 N–H and O–H groups in total. The van der Waals surface area contributed by atoms with Gasteiger partial charge in [-0.25, -0.2) is 4.98 Å². The number of nitrogens with zero attached hydrogens (tertiary/aromatic N) is 4. The van der Waals surface area contributed by atoms with Crippen molar-refractivity contribution in [1.29, 1.82) is 0 Å². The molecule has 0 saturated carbocycles. The third-order valence-electron chi connectivity index (χ3n) is 10.7. The summed E-state index contributed by atoms with van der Waals surface area (Å²) in [5, 5.41) is 40.8.